The molecule has 2 aliphatic carbocycles. The fourth-order valence-corrected chi connectivity index (χ4v) is 7.29. The number of carbonyl (C=O) groups excluding carboxylic acids is 1. The van der Waals surface area contributed by atoms with E-state index in [-0.39, 0.29) is 30.0 Å². The maximum atomic E-state index is 12.6. The molecule has 0 amide bonds. The van der Waals surface area contributed by atoms with E-state index >= 15 is 0 Å². The predicted molar refractivity (Wildman–Crippen MR) is 182 cm³/mol. The number of carbonyl (C=O) groups is 1. The number of alkyl halides is 3. The van der Waals surface area contributed by atoms with Crippen LogP contribution in [0.2, 0.25) is 0 Å². The topological polar surface area (TPSA) is 66.9 Å². The van der Waals surface area contributed by atoms with Gasteiger partial charge < -0.3 is 14.0 Å². The lowest BCUT2D eigenvalue weighted by atomic mass is 9.83. The van der Waals surface area contributed by atoms with Crippen LogP contribution in [0, 0.1) is 0 Å². The monoisotopic (exact) mass is 688 g/mol. The lowest BCUT2D eigenvalue weighted by Gasteiger charge is -2.35. The van der Waals surface area contributed by atoms with Gasteiger partial charge in [-0.2, -0.15) is 21.6 Å². The van der Waals surface area contributed by atoms with Crippen LogP contribution in [0.1, 0.15) is 106 Å². The minimum atomic E-state index is -5.66. The van der Waals surface area contributed by atoms with E-state index in [1.165, 1.54) is 55.6 Å². The summed E-state index contributed by atoms with van der Waals surface area (Å²) in [7, 11) is -5.66. The SMILES string of the molecule is CCCN(CCC)C1CCc2cccc(C(C)=O)c2C1.CCCN(CCC)C1CCc2cccc(OS(=O)(=O)C(F)(F)F)c2C1.Cl. The molecule has 6 nitrogen and oxygen atoms in total. The first-order valence-electron chi connectivity index (χ1n) is 16.6. The second kappa shape index (κ2) is 18.4. The number of rotatable bonds is 13. The maximum Gasteiger partial charge on any atom is 0.534 e. The summed E-state index contributed by atoms with van der Waals surface area (Å²) in [5, 5.41) is 0. The minimum Gasteiger partial charge on any atom is -0.376 e. The molecule has 11 heteroatoms. The maximum absolute atomic E-state index is 12.6. The highest BCUT2D eigenvalue weighted by molar-refractivity contribution is 7.88. The van der Waals surface area contributed by atoms with Gasteiger partial charge in [-0.3, -0.25) is 4.79 Å². The molecule has 2 aromatic carbocycles. The Morgan fingerprint density at radius 1 is 0.783 bits per heavy atom. The van der Waals surface area contributed by atoms with Crippen LogP contribution < -0.4 is 4.18 Å². The van der Waals surface area contributed by atoms with Gasteiger partial charge in [0.15, 0.2) is 5.78 Å². The van der Waals surface area contributed by atoms with Gasteiger partial charge in [0.1, 0.15) is 5.75 Å². The van der Waals surface area contributed by atoms with Crippen molar-refractivity contribution in [2.45, 2.75) is 116 Å². The molecule has 0 spiro atoms. The number of aryl methyl sites for hydroxylation is 2. The third kappa shape index (κ3) is 10.4. The second-order valence-electron chi connectivity index (χ2n) is 12.2. The predicted octanol–water partition coefficient (Wildman–Crippen LogP) is 8.18. The summed E-state index contributed by atoms with van der Waals surface area (Å²) in [5.41, 5.74) is -0.349. The first-order valence-corrected chi connectivity index (χ1v) is 18.0. The minimum absolute atomic E-state index is 0. The second-order valence-corrected chi connectivity index (χ2v) is 13.8. The fourth-order valence-electron chi connectivity index (χ4n) is 6.81. The number of halogens is 4. The molecule has 0 N–H and O–H groups in total. The first kappa shape index (κ1) is 40.0. The normalized spacial score (nSPS) is 17.8. The van der Waals surface area contributed by atoms with Crippen molar-refractivity contribution in [1.82, 2.24) is 9.80 Å². The number of nitrogens with zero attached hydrogens (tertiary/aromatic N) is 2. The molecule has 2 unspecified atom stereocenters. The van der Waals surface area contributed by atoms with Gasteiger partial charge in [0.25, 0.3) is 0 Å². The van der Waals surface area contributed by atoms with Crippen molar-refractivity contribution in [3.63, 3.8) is 0 Å². The Morgan fingerprint density at radius 2 is 1.22 bits per heavy atom. The summed E-state index contributed by atoms with van der Waals surface area (Å²) in [6.45, 7) is 14.5. The Morgan fingerprint density at radius 3 is 1.65 bits per heavy atom. The first-order chi connectivity index (χ1) is 21.4. The Hall–Kier alpha value is -2.14. The van der Waals surface area contributed by atoms with Crippen molar-refractivity contribution >= 4 is 28.3 Å². The quantitative estimate of drug-likeness (QED) is 0.120. The van der Waals surface area contributed by atoms with Crippen molar-refractivity contribution in [1.29, 1.82) is 0 Å². The van der Waals surface area contributed by atoms with Crippen LogP contribution in [0.25, 0.3) is 0 Å². The molecule has 0 heterocycles. The van der Waals surface area contributed by atoms with E-state index in [1.54, 1.807) is 6.92 Å². The van der Waals surface area contributed by atoms with Crippen molar-refractivity contribution in [3.05, 3.63) is 64.2 Å². The lowest BCUT2D eigenvalue weighted by Crippen LogP contribution is -2.40. The van der Waals surface area contributed by atoms with Crippen LogP contribution >= 0.6 is 12.4 Å². The van der Waals surface area contributed by atoms with Crippen LogP contribution in [0.15, 0.2) is 36.4 Å². The number of hydrogen-bond donors (Lipinski definition) is 0. The Bertz CT molecular complexity index is 1360. The summed E-state index contributed by atoms with van der Waals surface area (Å²) in [6, 6.07) is 11.7. The molecule has 0 saturated heterocycles. The van der Waals surface area contributed by atoms with Crippen molar-refractivity contribution in [2.24, 2.45) is 0 Å². The summed E-state index contributed by atoms with van der Waals surface area (Å²) < 4.78 is 65.1. The van der Waals surface area contributed by atoms with Gasteiger partial charge in [0.05, 0.1) is 0 Å². The Labute approximate surface area is 280 Å². The molecular formula is C35H52ClF3N2O4S. The molecular weight excluding hydrogens is 637 g/mol. The Balaban J connectivity index is 0.000000321. The summed E-state index contributed by atoms with van der Waals surface area (Å²) >= 11 is 0. The van der Waals surface area contributed by atoms with Gasteiger partial charge >= 0.3 is 15.6 Å². The van der Waals surface area contributed by atoms with Crippen LogP contribution in [-0.2, 0) is 35.8 Å². The zero-order valence-corrected chi connectivity index (χ0v) is 29.6. The standard InChI is InChI=1S/C18H27NO.C17H24F3NO3S.ClH/c1-4-11-19(12-5-2)16-10-9-15-7-6-8-17(14(3)20)18(15)13-16;1-3-10-21(11-4-2)14-9-8-13-6-5-7-16(15(13)12-14)24-25(22,23)17(18,19)20;/h6-8,16H,4-5,9-13H2,1-3H3;5-7,14H,3-4,8-12H2,1-2H3;1H. The summed E-state index contributed by atoms with van der Waals surface area (Å²) in [5.74, 6) is 0.00695. The molecule has 0 aromatic heterocycles. The highest BCUT2D eigenvalue weighted by Crippen LogP contribution is 2.35. The molecule has 2 aliphatic rings. The van der Waals surface area contributed by atoms with Crippen LogP contribution in [0.4, 0.5) is 13.2 Å². The largest absolute Gasteiger partial charge is 0.534 e. The Kier molecular flexibility index (Phi) is 16.0. The fraction of sp³-hybridized carbons (Fsp3) is 0.629. The molecule has 0 saturated carbocycles. The summed E-state index contributed by atoms with van der Waals surface area (Å²) in [4.78, 5) is 16.8. The van der Waals surface area contributed by atoms with Crippen LogP contribution in [0.5, 0.6) is 5.75 Å². The third-order valence-electron chi connectivity index (χ3n) is 8.81. The molecule has 260 valence electrons. The average Bonchev–Trinajstić information content (AvgIpc) is 3.00. The molecule has 0 aliphatic heterocycles. The zero-order valence-electron chi connectivity index (χ0n) is 28.0. The number of fused-ring (bicyclic) bond motifs is 2. The molecule has 46 heavy (non-hydrogen) atoms. The molecule has 2 aromatic rings. The van der Waals surface area contributed by atoms with E-state index in [2.05, 4.69) is 47.7 Å². The number of Topliss-reactive ketones (excluding diaryl/α,β-unsaturated/α-hetero) is 1. The average molecular weight is 689 g/mol. The van der Waals surface area contributed by atoms with E-state index in [9.17, 15) is 26.4 Å². The van der Waals surface area contributed by atoms with Gasteiger partial charge in [-0.15, -0.1) is 12.4 Å². The van der Waals surface area contributed by atoms with Gasteiger partial charge in [-0.05, 0) is 120 Å². The number of hydrogen-bond acceptors (Lipinski definition) is 6. The van der Waals surface area contributed by atoms with Crippen molar-refractivity contribution in [2.75, 3.05) is 26.2 Å². The number of ketones is 1. The smallest absolute Gasteiger partial charge is 0.376 e. The summed E-state index contributed by atoms with van der Waals surface area (Å²) in [6.07, 6.45) is 9.89. The van der Waals surface area contributed by atoms with Gasteiger partial charge in [-0.1, -0.05) is 58.0 Å². The molecule has 0 fully saturated rings. The lowest BCUT2D eigenvalue weighted by molar-refractivity contribution is -0.0500. The van der Waals surface area contributed by atoms with Crippen LogP contribution in [0.3, 0.4) is 0 Å². The third-order valence-corrected chi connectivity index (χ3v) is 9.78. The highest BCUT2D eigenvalue weighted by Gasteiger charge is 2.49. The number of benzene rings is 2. The highest BCUT2D eigenvalue weighted by atomic mass is 35.5. The van der Waals surface area contributed by atoms with Crippen LogP contribution in [-0.4, -0.2) is 67.8 Å². The molecule has 0 bridgehead atoms. The van der Waals surface area contributed by atoms with E-state index < -0.39 is 15.6 Å². The molecule has 0 radical (unpaired) electrons. The van der Waals surface area contributed by atoms with Gasteiger partial charge in [0, 0.05) is 23.2 Å². The van der Waals surface area contributed by atoms with E-state index in [0.29, 0.717) is 24.4 Å². The van der Waals surface area contributed by atoms with E-state index in [1.807, 2.05) is 18.2 Å². The van der Waals surface area contributed by atoms with E-state index in [0.717, 1.165) is 56.3 Å². The molecule has 2 atom stereocenters. The van der Waals surface area contributed by atoms with Gasteiger partial charge in [-0.25, -0.2) is 0 Å². The van der Waals surface area contributed by atoms with Gasteiger partial charge in [0.2, 0.25) is 0 Å². The molecule has 4 rings (SSSR count). The van der Waals surface area contributed by atoms with Crippen molar-refractivity contribution in [3.8, 4) is 5.75 Å². The van der Waals surface area contributed by atoms with Crippen molar-refractivity contribution < 1.29 is 30.6 Å². The zero-order chi connectivity index (χ0) is 33.2. The van der Waals surface area contributed by atoms with E-state index in [4.69, 9.17) is 0 Å².